The van der Waals surface area contributed by atoms with Crippen molar-refractivity contribution in [3.05, 3.63) is 72.9 Å². The predicted octanol–water partition coefficient (Wildman–Crippen LogP) is 17.8. The Labute approximate surface area is 451 Å². The van der Waals surface area contributed by atoms with Crippen LogP contribution in [0.5, 0.6) is 0 Å². The highest BCUT2D eigenvalue weighted by Crippen LogP contribution is 2.38. The summed E-state index contributed by atoms with van der Waals surface area (Å²) in [6, 6.07) is -0.898. The lowest BCUT2D eigenvalue weighted by Gasteiger charge is -2.30. The van der Waals surface area contributed by atoms with Gasteiger partial charge >= 0.3 is 5.97 Å². The Hall–Kier alpha value is -2.55. The Morgan fingerprint density at radius 3 is 1.44 bits per heavy atom. The number of carbonyl (C=O) groups excluding carboxylic acids is 2. The van der Waals surface area contributed by atoms with Crippen molar-refractivity contribution in [3.8, 4) is 0 Å². The molecule has 73 heavy (non-hydrogen) atoms. The first kappa shape index (κ1) is 70.5. The van der Waals surface area contributed by atoms with E-state index >= 15 is 0 Å². The molecule has 3 atom stereocenters. The molecule has 0 bridgehead atoms. The lowest BCUT2D eigenvalue weighted by molar-refractivity contribution is -0.870. The molecular weight excluding hydrogens is 928 g/mol. The zero-order chi connectivity index (χ0) is 53.6. The number of phosphoric acid groups is 1. The number of hydrogen-bond donors (Lipinski definition) is 1. The van der Waals surface area contributed by atoms with Gasteiger partial charge in [0.1, 0.15) is 19.3 Å². The highest BCUT2D eigenvalue weighted by Gasteiger charge is 2.27. The Bertz CT molecular complexity index is 1480. The molecule has 424 valence electrons. The van der Waals surface area contributed by atoms with Crippen molar-refractivity contribution in [1.82, 2.24) is 5.32 Å². The summed E-state index contributed by atoms with van der Waals surface area (Å²) in [7, 11) is 1.17. The fraction of sp³-hybridized carbons (Fsp3) is 0.778. The highest BCUT2D eigenvalue weighted by atomic mass is 31.2. The molecule has 0 saturated heterocycles. The summed E-state index contributed by atoms with van der Waals surface area (Å²) < 4.78 is 30.3. The Kier molecular flexibility index (Phi) is 51.0. The number of amides is 1. The second-order valence-electron chi connectivity index (χ2n) is 21.5. The minimum absolute atomic E-state index is 0.0278. The maximum absolute atomic E-state index is 13.5. The monoisotopic (exact) mass is 1040 g/mol. The number of carbonyl (C=O) groups is 2. The Morgan fingerprint density at radius 2 is 0.932 bits per heavy atom. The minimum atomic E-state index is -4.70. The van der Waals surface area contributed by atoms with Crippen molar-refractivity contribution in [3.63, 3.8) is 0 Å². The molecule has 3 unspecified atom stereocenters. The average molecular weight is 1040 g/mol. The molecule has 0 aliphatic rings. The van der Waals surface area contributed by atoms with Crippen LogP contribution in [-0.4, -0.2) is 69.4 Å². The number of quaternary nitrogens is 1. The highest BCUT2D eigenvalue weighted by molar-refractivity contribution is 7.45. The molecule has 9 nitrogen and oxygen atoms in total. The number of nitrogens with zero attached hydrogens (tertiary/aromatic N) is 1. The van der Waals surface area contributed by atoms with E-state index in [2.05, 4.69) is 86.8 Å². The van der Waals surface area contributed by atoms with Crippen LogP contribution in [0.25, 0.3) is 0 Å². The largest absolute Gasteiger partial charge is 0.756 e. The number of allylic oxidation sites excluding steroid dienone is 11. The number of ether oxygens (including phenoxy) is 1. The molecule has 0 aromatic heterocycles. The first-order valence-corrected chi connectivity index (χ1v) is 31.7. The van der Waals surface area contributed by atoms with E-state index in [9.17, 15) is 19.0 Å². The number of nitrogens with one attached hydrogen (secondary N) is 1. The zero-order valence-corrected chi connectivity index (χ0v) is 49.2. The van der Waals surface area contributed by atoms with E-state index in [1.165, 1.54) is 135 Å². The third kappa shape index (κ3) is 54.1. The Balaban J connectivity index is 5.32. The van der Waals surface area contributed by atoms with E-state index in [0.717, 1.165) is 96.3 Å². The van der Waals surface area contributed by atoms with Crippen LogP contribution < -0.4 is 10.2 Å². The first-order valence-electron chi connectivity index (χ1n) is 30.3. The van der Waals surface area contributed by atoms with Gasteiger partial charge in [-0.25, -0.2) is 0 Å². The summed E-state index contributed by atoms with van der Waals surface area (Å²) in [5.41, 5.74) is 0. The van der Waals surface area contributed by atoms with E-state index in [1.54, 1.807) is 0 Å². The van der Waals surface area contributed by atoms with Crippen molar-refractivity contribution in [2.24, 2.45) is 0 Å². The van der Waals surface area contributed by atoms with Crippen molar-refractivity contribution >= 4 is 19.7 Å². The molecule has 0 rings (SSSR count). The van der Waals surface area contributed by atoms with Crippen molar-refractivity contribution < 1.29 is 37.3 Å². The molecule has 0 fully saturated rings. The normalized spacial score (nSPS) is 14.2. The summed E-state index contributed by atoms with van der Waals surface area (Å²) in [6.07, 6.45) is 67.2. The van der Waals surface area contributed by atoms with Gasteiger partial charge in [-0.05, 0) is 83.1 Å². The zero-order valence-electron chi connectivity index (χ0n) is 48.3. The van der Waals surface area contributed by atoms with Gasteiger partial charge in [0.25, 0.3) is 7.82 Å². The van der Waals surface area contributed by atoms with Gasteiger partial charge in [0.2, 0.25) is 5.91 Å². The van der Waals surface area contributed by atoms with Crippen LogP contribution in [0, 0.1) is 0 Å². The third-order valence-electron chi connectivity index (χ3n) is 13.2. The van der Waals surface area contributed by atoms with Gasteiger partial charge < -0.3 is 28.5 Å². The molecular formula is C63H115N2O7P. The summed E-state index contributed by atoms with van der Waals surface area (Å²) >= 11 is 0. The number of esters is 1. The van der Waals surface area contributed by atoms with Crippen LogP contribution >= 0.6 is 7.82 Å². The minimum Gasteiger partial charge on any atom is -0.756 e. The fourth-order valence-corrected chi connectivity index (χ4v) is 9.22. The van der Waals surface area contributed by atoms with E-state index < -0.39 is 26.6 Å². The molecule has 1 amide bonds. The SMILES string of the molecule is CC/C=C/C=C/C=C/CCCCCCCCCC(=O)NC(COP(=O)([O-])OCC[N+](C)(C)C)C(/C=C/CCCCCCCCCCCCC)OC(=O)CCCCCCCCCCC/C=C\C/C=C\CCCCC. The summed E-state index contributed by atoms with van der Waals surface area (Å²) in [5, 5.41) is 3.02. The number of phosphoric ester groups is 1. The summed E-state index contributed by atoms with van der Waals surface area (Å²) in [6.45, 7) is 6.68. The smallest absolute Gasteiger partial charge is 0.306 e. The Morgan fingerprint density at radius 1 is 0.507 bits per heavy atom. The summed E-state index contributed by atoms with van der Waals surface area (Å²) in [4.78, 5) is 39.9. The van der Waals surface area contributed by atoms with Crippen molar-refractivity contribution in [2.75, 3.05) is 40.9 Å². The van der Waals surface area contributed by atoms with E-state index in [-0.39, 0.29) is 24.9 Å². The van der Waals surface area contributed by atoms with Gasteiger partial charge in [-0.3, -0.25) is 14.2 Å². The number of likely N-dealkylation sites (N-methyl/N-ethyl adjacent to an activating group) is 1. The quantitative estimate of drug-likeness (QED) is 0.0161. The lowest BCUT2D eigenvalue weighted by Crippen LogP contribution is -2.47. The van der Waals surface area contributed by atoms with Gasteiger partial charge in [-0.15, -0.1) is 0 Å². The molecule has 1 N–H and O–H groups in total. The average Bonchev–Trinajstić information content (AvgIpc) is 3.35. The fourth-order valence-electron chi connectivity index (χ4n) is 8.49. The van der Waals surface area contributed by atoms with Gasteiger partial charge in [0, 0.05) is 12.8 Å². The van der Waals surface area contributed by atoms with E-state index in [0.29, 0.717) is 17.4 Å². The molecule has 0 aliphatic carbocycles. The first-order chi connectivity index (χ1) is 35.4. The van der Waals surface area contributed by atoms with E-state index in [4.69, 9.17) is 13.8 Å². The molecule has 0 radical (unpaired) electrons. The van der Waals surface area contributed by atoms with Crippen molar-refractivity contribution in [1.29, 1.82) is 0 Å². The third-order valence-corrected chi connectivity index (χ3v) is 14.1. The van der Waals surface area contributed by atoms with E-state index in [1.807, 2.05) is 33.3 Å². The second kappa shape index (κ2) is 52.9. The van der Waals surface area contributed by atoms with Crippen LogP contribution in [-0.2, 0) is 27.9 Å². The molecule has 0 spiro atoms. The second-order valence-corrected chi connectivity index (χ2v) is 22.9. The van der Waals surface area contributed by atoms with Crippen LogP contribution in [0.3, 0.4) is 0 Å². The van der Waals surface area contributed by atoms with Crippen LogP contribution in [0.1, 0.15) is 265 Å². The number of rotatable bonds is 54. The standard InChI is InChI=1S/C63H115N2O7P/c1-7-10-13-16-19-22-25-28-30-31-32-33-35-38-41-44-47-50-53-56-63(67)72-61(54-51-48-45-42-39-36-27-24-21-18-15-12-9-3)60(59-71-73(68,69)70-58-57-65(4,5)6)64-62(66)55-52-49-46-43-40-37-34-29-26-23-20-17-14-11-8-2/h11,14,17,19-20,22-23,26,28,30,51,54,60-61H,7-10,12-13,15-16,18,21,24-25,27,29,31-50,52-53,55-59H2,1-6H3,(H-,64,66,68,69)/b14-11+,20-17+,22-19-,26-23+,30-28-,54-51+. The van der Waals surface area contributed by atoms with Crippen molar-refractivity contribution in [2.45, 2.75) is 277 Å². The summed E-state index contributed by atoms with van der Waals surface area (Å²) in [5.74, 6) is -0.558. The molecule has 0 heterocycles. The molecule has 0 aliphatic heterocycles. The molecule has 10 heteroatoms. The predicted molar refractivity (Wildman–Crippen MR) is 312 cm³/mol. The van der Waals surface area contributed by atoms with Gasteiger partial charge in [0.05, 0.1) is 33.8 Å². The van der Waals surface area contributed by atoms with Gasteiger partial charge in [-0.2, -0.15) is 0 Å². The molecule has 0 aromatic carbocycles. The lowest BCUT2D eigenvalue weighted by atomic mass is 10.0. The topological polar surface area (TPSA) is 114 Å². The van der Waals surface area contributed by atoms with Crippen LogP contribution in [0.4, 0.5) is 0 Å². The van der Waals surface area contributed by atoms with Gasteiger partial charge in [0.15, 0.2) is 0 Å². The van der Waals surface area contributed by atoms with Gasteiger partial charge in [-0.1, -0.05) is 242 Å². The van der Waals surface area contributed by atoms with Crippen LogP contribution in [0.2, 0.25) is 0 Å². The van der Waals surface area contributed by atoms with Crippen LogP contribution in [0.15, 0.2) is 72.9 Å². The molecule has 0 saturated carbocycles. The maximum Gasteiger partial charge on any atom is 0.306 e. The maximum atomic E-state index is 13.5. The number of hydrogen-bond acceptors (Lipinski definition) is 7. The molecule has 0 aromatic rings. The number of unbranched alkanes of at least 4 members (excludes halogenated alkanes) is 30.